The highest BCUT2D eigenvalue weighted by molar-refractivity contribution is 6.10. The highest BCUT2D eigenvalue weighted by Gasteiger charge is 2.24. The van der Waals surface area contributed by atoms with Gasteiger partial charge in [0.1, 0.15) is 45.6 Å². The second-order valence-electron chi connectivity index (χ2n) is 16.7. The molecular weight excluding hydrogens is 1010 g/mol. The Morgan fingerprint density at radius 2 is 1.16 bits per heavy atom. The van der Waals surface area contributed by atoms with E-state index in [-0.39, 0.29) is 56.5 Å². The van der Waals surface area contributed by atoms with Crippen LogP contribution in [0.4, 0.5) is 28.9 Å². The van der Waals surface area contributed by atoms with E-state index in [0.29, 0.717) is 66.5 Å². The summed E-state index contributed by atoms with van der Waals surface area (Å²) in [5, 5.41) is 30.6. The fourth-order valence-corrected chi connectivity index (χ4v) is 7.90. The summed E-state index contributed by atoms with van der Waals surface area (Å²) >= 11 is 0. The van der Waals surface area contributed by atoms with Crippen LogP contribution in [0.15, 0.2) is 147 Å². The number of carbonyl (C=O) groups is 2. The van der Waals surface area contributed by atoms with Gasteiger partial charge in [0.25, 0.3) is 11.8 Å². The van der Waals surface area contributed by atoms with E-state index in [2.05, 4.69) is 62.4 Å². The molecule has 77 heavy (non-hydrogen) atoms. The summed E-state index contributed by atoms with van der Waals surface area (Å²) in [5.74, 6) is 3.09. The van der Waals surface area contributed by atoms with Crippen molar-refractivity contribution in [3.05, 3.63) is 169 Å². The first kappa shape index (κ1) is 50.4. The molecule has 10 aromatic rings. The van der Waals surface area contributed by atoms with Gasteiger partial charge in [0.15, 0.2) is 11.3 Å². The molecule has 11 rings (SSSR count). The maximum atomic E-state index is 13.3. The number of anilines is 2. The molecule has 1 aliphatic rings. The third-order valence-corrected chi connectivity index (χ3v) is 11.5. The number of H-pyrrole nitrogens is 2. The Hall–Kier alpha value is -10.1. The monoisotopic (exact) mass is 1050 g/mol. The van der Waals surface area contributed by atoms with Crippen molar-refractivity contribution in [2.45, 2.75) is 32.2 Å². The van der Waals surface area contributed by atoms with Crippen molar-refractivity contribution >= 4 is 34.5 Å². The molecule has 7 heterocycles. The maximum Gasteiger partial charge on any atom is 0.387 e. The molecule has 1 fully saturated rings. The minimum Gasteiger partial charge on any atom is -0.457 e. The van der Waals surface area contributed by atoms with Crippen LogP contribution in [0.3, 0.4) is 0 Å². The number of aromatic nitrogens is 10. The average Bonchev–Trinajstić information content (AvgIpc) is 4.25. The van der Waals surface area contributed by atoms with E-state index >= 15 is 0 Å². The number of halogens is 4. The first-order valence-electron chi connectivity index (χ1n) is 23.3. The van der Waals surface area contributed by atoms with Crippen LogP contribution in [-0.2, 0) is 17.7 Å². The minimum atomic E-state index is -3.07. The predicted octanol–water partition coefficient (Wildman–Crippen LogP) is 9.19. The summed E-state index contributed by atoms with van der Waals surface area (Å²) in [6.45, 7) is -4.11. The number of amides is 2. The van der Waals surface area contributed by atoms with Crippen molar-refractivity contribution in [2.24, 2.45) is 0 Å². The van der Waals surface area contributed by atoms with Crippen molar-refractivity contribution in [1.82, 2.24) is 54.9 Å². The van der Waals surface area contributed by atoms with Gasteiger partial charge in [-0.2, -0.15) is 38.0 Å². The van der Waals surface area contributed by atoms with Crippen molar-refractivity contribution < 1.29 is 50.8 Å². The number of nitrogens with one attached hydrogen (secondary N) is 5. The van der Waals surface area contributed by atoms with Gasteiger partial charge >= 0.3 is 13.2 Å². The minimum absolute atomic E-state index is 0.125. The molecule has 2 amide bonds. The van der Waals surface area contributed by atoms with Crippen LogP contribution < -0.4 is 34.9 Å². The Kier molecular flexibility index (Phi) is 15.0. The Morgan fingerprint density at radius 3 is 1.64 bits per heavy atom. The summed E-state index contributed by atoms with van der Waals surface area (Å²) in [4.78, 5) is 34.4. The normalized spacial score (nSPS) is 12.2. The number of carbonyl (C=O) groups excluding carboxylic acids is 2. The lowest BCUT2D eigenvalue weighted by Crippen LogP contribution is -2.45. The number of fused-ring (bicyclic) bond motifs is 2. The molecule has 0 saturated carbocycles. The van der Waals surface area contributed by atoms with Crippen LogP contribution in [0.1, 0.15) is 31.8 Å². The Morgan fingerprint density at radius 1 is 0.662 bits per heavy atom. The topological polar surface area (TPSA) is 234 Å². The molecule has 0 spiro atoms. The molecule has 20 nitrogen and oxygen atoms in total. The zero-order valence-corrected chi connectivity index (χ0v) is 39.9. The summed E-state index contributed by atoms with van der Waals surface area (Å²) in [6.07, 6.45) is 17.7. The summed E-state index contributed by atoms with van der Waals surface area (Å²) < 4.78 is 82.4. The fourth-order valence-electron chi connectivity index (χ4n) is 7.90. The number of benzene rings is 4. The molecule has 0 unspecified atom stereocenters. The van der Waals surface area contributed by atoms with Gasteiger partial charge in [0.2, 0.25) is 0 Å². The van der Waals surface area contributed by atoms with E-state index in [1.807, 2.05) is 24.3 Å². The van der Waals surface area contributed by atoms with Gasteiger partial charge < -0.3 is 39.6 Å². The highest BCUT2D eigenvalue weighted by atomic mass is 19.3. The van der Waals surface area contributed by atoms with Gasteiger partial charge in [-0.05, 0) is 83.9 Å². The van der Waals surface area contributed by atoms with E-state index < -0.39 is 25.0 Å². The molecule has 388 valence electrons. The lowest BCUT2D eigenvalue weighted by molar-refractivity contribution is -0.0501. The maximum absolute atomic E-state index is 13.3. The summed E-state index contributed by atoms with van der Waals surface area (Å²) in [7, 11) is 0. The fraction of sp³-hybridized carbons (Fsp3) is 0.132. The van der Waals surface area contributed by atoms with Gasteiger partial charge in [-0.15, -0.1) is 12.3 Å². The van der Waals surface area contributed by atoms with Crippen LogP contribution >= 0.6 is 0 Å². The average molecular weight is 1050 g/mol. The van der Waals surface area contributed by atoms with Crippen molar-refractivity contribution in [2.75, 3.05) is 23.8 Å². The third kappa shape index (κ3) is 12.0. The van der Waals surface area contributed by atoms with Crippen molar-refractivity contribution in [3.8, 4) is 69.4 Å². The second kappa shape index (κ2) is 23.0. The van der Waals surface area contributed by atoms with Gasteiger partial charge in [0.05, 0.1) is 66.8 Å². The molecule has 1 saturated heterocycles. The molecule has 0 atom stereocenters. The van der Waals surface area contributed by atoms with Crippen LogP contribution in [0.25, 0.3) is 33.8 Å². The predicted molar refractivity (Wildman–Crippen MR) is 270 cm³/mol. The molecule has 6 aromatic heterocycles. The largest absolute Gasteiger partial charge is 0.457 e. The number of ether oxygens (including phenoxy) is 5. The molecule has 0 bridgehead atoms. The van der Waals surface area contributed by atoms with Crippen LogP contribution in [0.5, 0.6) is 34.5 Å². The smallest absolute Gasteiger partial charge is 0.387 e. The molecule has 0 aliphatic carbocycles. The SMILES string of the molecule is C#CCc1cccc(Oc2ccc(OC(F)F)c(-c3[nH]ncc3NC(=O)c3cnn4cccnc34)c2)c1.O=C(Nc1cn[nH]c1-c1cc(Oc2cccc(CNC3COC3)c2)ccc1OC(F)F)c1cnn2cccnc12. The van der Waals surface area contributed by atoms with E-state index in [4.69, 9.17) is 30.1 Å². The van der Waals surface area contributed by atoms with Gasteiger partial charge in [-0.25, -0.2) is 19.0 Å². The Bertz CT molecular complexity index is 3760. The number of terminal acetylenes is 1. The van der Waals surface area contributed by atoms with Crippen molar-refractivity contribution in [1.29, 1.82) is 0 Å². The molecule has 24 heteroatoms. The van der Waals surface area contributed by atoms with Gasteiger partial charge in [-0.3, -0.25) is 19.8 Å². The summed E-state index contributed by atoms with van der Waals surface area (Å²) in [5.41, 5.74) is 4.44. The van der Waals surface area contributed by atoms with Crippen molar-refractivity contribution in [3.63, 3.8) is 0 Å². The highest BCUT2D eigenvalue weighted by Crippen LogP contribution is 2.40. The van der Waals surface area contributed by atoms with Crippen LogP contribution in [0.2, 0.25) is 0 Å². The van der Waals surface area contributed by atoms with E-state index in [1.165, 1.54) is 70.2 Å². The molecular formula is C53H41F4N13O7. The lowest BCUT2D eigenvalue weighted by Gasteiger charge is -2.27. The first-order chi connectivity index (χ1) is 37.5. The number of rotatable bonds is 18. The van der Waals surface area contributed by atoms with E-state index in [9.17, 15) is 27.2 Å². The lowest BCUT2D eigenvalue weighted by atomic mass is 10.1. The number of nitrogens with zero attached hydrogens (tertiary/aromatic N) is 8. The second-order valence-corrected chi connectivity index (χ2v) is 16.7. The standard InChI is InChI=1S/C27H23F2N7O4.C26H18F2N6O3/c28-27(29)40-23-6-5-19(39-18-4-1-3-16(9-18)11-31-17-14-38-15-17)10-20(23)24-22(13-32-35-24)34-26(37)21-12-33-36-8-2-7-30-25(21)36;1-2-5-16-6-3-7-17(12-16)36-18-8-9-22(37-26(27)28)19(13-18)23-21(15-30-33-23)32-25(35)20-14-31-34-11-4-10-29-24(20)34/h1-10,12-13,17,27,31H,11,14-15H2,(H,32,35)(H,34,37);1,3-4,6-15,26H,5H2,(H,30,33)(H,32,35). The number of hydrogen-bond acceptors (Lipinski definition) is 14. The zero-order chi connectivity index (χ0) is 53.3. The third-order valence-electron chi connectivity index (χ3n) is 11.5. The van der Waals surface area contributed by atoms with Crippen LogP contribution in [0, 0.1) is 12.3 Å². The van der Waals surface area contributed by atoms with E-state index in [1.54, 1.807) is 61.2 Å². The number of alkyl halides is 4. The number of hydrogen-bond donors (Lipinski definition) is 5. The van der Waals surface area contributed by atoms with Crippen LogP contribution in [-0.4, -0.2) is 93.9 Å². The Balaban J connectivity index is 0.000000175. The van der Waals surface area contributed by atoms with E-state index in [0.717, 1.165) is 11.1 Å². The van der Waals surface area contributed by atoms with Gasteiger partial charge in [-0.1, -0.05) is 24.3 Å². The number of aromatic amines is 2. The molecule has 5 N–H and O–H groups in total. The zero-order valence-electron chi connectivity index (χ0n) is 39.9. The molecule has 0 radical (unpaired) electrons. The van der Waals surface area contributed by atoms with Gasteiger partial charge in [0, 0.05) is 48.9 Å². The molecule has 4 aromatic carbocycles. The first-order valence-corrected chi connectivity index (χ1v) is 23.3. The Labute approximate surface area is 433 Å². The quantitative estimate of drug-likeness (QED) is 0.0398. The summed E-state index contributed by atoms with van der Waals surface area (Å²) in [6, 6.07) is 27.2. The molecule has 1 aliphatic heterocycles.